The van der Waals surface area contributed by atoms with Gasteiger partial charge in [0, 0.05) is 17.8 Å². The molecular formula is C18H22N2O2S. The van der Waals surface area contributed by atoms with Crippen LogP contribution in [0, 0.1) is 0 Å². The van der Waals surface area contributed by atoms with E-state index < -0.39 is 0 Å². The SMILES string of the molecule is CCNC(=S)N(Cc1ccccc1O)c1ccc(OCC)cc1. The fourth-order valence-electron chi connectivity index (χ4n) is 2.23. The van der Waals surface area contributed by atoms with Crippen molar-refractivity contribution in [3.05, 3.63) is 54.1 Å². The summed E-state index contributed by atoms with van der Waals surface area (Å²) in [4.78, 5) is 1.96. The van der Waals surface area contributed by atoms with E-state index in [2.05, 4.69) is 5.32 Å². The minimum atomic E-state index is 0.266. The molecule has 0 atom stereocenters. The van der Waals surface area contributed by atoms with Gasteiger partial charge in [-0.25, -0.2) is 0 Å². The van der Waals surface area contributed by atoms with Crippen LogP contribution in [0.3, 0.4) is 0 Å². The van der Waals surface area contributed by atoms with E-state index in [-0.39, 0.29) is 5.75 Å². The maximum Gasteiger partial charge on any atom is 0.173 e. The van der Waals surface area contributed by atoms with Crippen LogP contribution >= 0.6 is 12.2 Å². The van der Waals surface area contributed by atoms with Gasteiger partial charge in [0.15, 0.2) is 5.11 Å². The topological polar surface area (TPSA) is 44.7 Å². The second kappa shape index (κ2) is 8.39. The average Bonchev–Trinajstić information content (AvgIpc) is 2.55. The number of aromatic hydroxyl groups is 1. The summed E-state index contributed by atoms with van der Waals surface area (Å²) in [6.45, 7) is 5.83. The lowest BCUT2D eigenvalue weighted by Crippen LogP contribution is -2.39. The van der Waals surface area contributed by atoms with E-state index in [1.807, 2.05) is 61.2 Å². The Bertz CT molecular complexity index is 644. The van der Waals surface area contributed by atoms with Crippen LogP contribution in [-0.4, -0.2) is 23.4 Å². The van der Waals surface area contributed by atoms with Crippen LogP contribution in [0.4, 0.5) is 5.69 Å². The molecule has 0 radical (unpaired) electrons. The number of ether oxygens (including phenoxy) is 1. The number of rotatable bonds is 6. The maximum atomic E-state index is 10.0. The number of nitrogens with one attached hydrogen (secondary N) is 1. The summed E-state index contributed by atoms with van der Waals surface area (Å²) < 4.78 is 5.48. The van der Waals surface area contributed by atoms with E-state index in [1.54, 1.807) is 6.07 Å². The largest absolute Gasteiger partial charge is 0.508 e. The van der Waals surface area contributed by atoms with Gasteiger partial charge in [-0.1, -0.05) is 18.2 Å². The lowest BCUT2D eigenvalue weighted by Gasteiger charge is -2.26. The van der Waals surface area contributed by atoms with Crippen molar-refractivity contribution in [2.75, 3.05) is 18.1 Å². The first-order valence-electron chi connectivity index (χ1n) is 7.70. The fraction of sp³-hybridized carbons (Fsp3) is 0.278. The second-order valence-corrected chi connectivity index (χ2v) is 5.36. The van der Waals surface area contributed by atoms with Crippen molar-refractivity contribution < 1.29 is 9.84 Å². The molecule has 2 N–H and O–H groups in total. The quantitative estimate of drug-likeness (QED) is 0.791. The van der Waals surface area contributed by atoms with E-state index >= 15 is 0 Å². The third-order valence-corrected chi connectivity index (χ3v) is 3.72. The summed E-state index contributed by atoms with van der Waals surface area (Å²) in [6, 6.07) is 15.1. The molecule has 2 rings (SSSR count). The number of phenolic OH excluding ortho intramolecular Hbond substituents is 1. The van der Waals surface area contributed by atoms with Crippen LogP contribution in [-0.2, 0) is 6.54 Å². The summed E-state index contributed by atoms with van der Waals surface area (Å²) in [5.74, 6) is 1.09. The van der Waals surface area contributed by atoms with Crippen molar-refractivity contribution in [1.29, 1.82) is 0 Å². The van der Waals surface area contributed by atoms with Gasteiger partial charge < -0.3 is 20.1 Å². The summed E-state index contributed by atoms with van der Waals surface area (Å²) in [5.41, 5.74) is 1.77. The first-order chi connectivity index (χ1) is 11.2. The van der Waals surface area contributed by atoms with Crippen molar-refractivity contribution >= 4 is 23.0 Å². The molecule has 0 aliphatic heterocycles. The van der Waals surface area contributed by atoms with Gasteiger partial charge in [-0.2, -0.15) is 0 Å². The highest BCUT2D eigenvalue weighted by Gasteiger charge is 2.14. The highest BCUT2D eigenvalue weighted by atomic mass is 32.1. The molecule has 122 valence electrons. The Hall–Kier alpha value is -2.27. The standard InChI is InChI=1S/C18H22N2O2S/c1-3-19-18(23)20(13-14-7-5-6-8-17(14)21)15-9-11-16(12-10-15)22-4-2/h5-12,21H,3-4,13H2,1-2H3,(H,19,23). The van der Waals surface area contributed by atoms with E-state index in [4.69, 9.17) is 17.0 Å². The number of nitrogens with zero attached hydrogens (tertiary/aromatic N) is 1. The lowest BCUT2D eigenvalue weighted by atomic mass is 10.1. The monoisotopic (exact) mass is 330 g/mol. The molecular weight excluding hydrogens is 308 g/mol. The third-order valence-electron chi connectivity index (χ3n) is 3.35. The van der Waals surface area contributed by atoms with Gasteiger partial charge in [-0.05, 0) is 56.4 Å². The summed E-state index contributed by atoms with van der Waals surface area (Å²) in [6.07, 6.45) is 0. The predicted octanol–water partition coefficient (Wildman–Crippen LogP) is 3.69. The molecule has 0 aliphatic rings. The van der Waals surface area contributed by atoms with Gasteiger partial charge >= 0.3 is 0 Å². The Kier molecular flexibility index (Phi) is 6.23. The van der Waals surface area contributed by atoms with E-state index in [0.717, 1.165) is 23.5 Å². The van der Waals surface area contributed by atoms with Crippen LogP contribution < -0.4 is 15.0 Å². The fourth-order valence-corrected chi connectivity index (χ4v) is 2.55. The van der Waals surface area contributed by atoms with Crippen LogP contribution in [0.5, 0.6) is 11.5 Å². The van der Waals surface area contributed by atoms with Gasteiger partial charge in [0.1, 0.15) is 11.5 Å². The number of thiocarbonyl (C=S) groups is 1. The molecule has 0 amide bonds. The van der Waals surface area contributed by atoms with Gasteiger partial charge in [0.25, 0.3) is 0 Å². The van der Waals surface area contributed by atoms with Crippen LogP contribution in [0.25, 0.3) is 0 Å². The molecule has 4 nitrogen and oxygen atoms in total. The minimum Gasteiger partial charge on any atom is -0.508 e. The van der Waals surface area contributed by atoms with Gasteiger partial charge in [0.2, 0.25) is 0 Å². The Labute approximate surface area is 142 Å². The zero-order chi connectivity index (χ0) is 16.7. The first-order valence-corrected chi connectivity index (χ1v) is 8.11. The number of benzene rings is 2. The molecule has 0 heterocycles. The van der Waals surface area contributed by atoms with Gasteiger partial charge in [-0.15, -0.1) is 0 Å². The smallest absolute Gasteiger partial charge is 0.173 e. The third kappa shape index (κ3) is 4.60. The number of phenols is 1. The molecule has 0 saturated heterocycles. The number of hydrogen-bond acceptors (Lipinski definition) is 3. The van der Waals surface area contributed by atoms with E-state index in [0.29, 0.717) is 18.3 Å². The molecule has 0 aliphatic carbocycles. The average molecular weight is 330 g/mol. The number of hydrogen-bond donors (Lipinski definition) is 2. The van der Waals surface area contributed by atoms with Crippen molar-refractivity contribution in [1.82, 2.24) is 5.32 Å². The molecule has 23 heavy (non-hydrogen) atoms. The molecule has 2 aromatic carbocycles. The molecule has 0 spiro atoms. The normalized spacial score (nSPS) is 10.2. The summed E-state index contributed by atoms with van der Waals surface area (Å²) >= 11 is 5.49. The Morgan fingerprint density at radius 3 is 2.43 bits per heavy atom. The first kappa shape index (κ1) is 17.1. The molecule has 5 heteroatoms. The maximum absolute atomic E-state index is 10.0. The highest BCUT2D eigenvalue weighted by molar-refractivity contribution is 7.80. The lowest BCUT2D eigenvalue weighted by molar-refractivity contribution is 0.340. The van der Waals surface area contributed by atoms with Crippen LogP contribution in [0.1, 0.15) is 19.4 Å². The van der Waals surface area contributed by atoms with Crippen molar-refractivity contribution in [3.8, 4) is 11.5 Å². The Morgan fingerprint density at radius 1 is 1.13 bits per heavy atom. The summed E-state index contributed by atoms with van der Waals surface area (Å²) in [7, 11) is 0. The van der Waals surface area contributed by atoms with Crippen molar-refractivity contribution in [2.24, 2.45) is 0 Å². The number of para-hydroxylation sites is 1. The zero-order valence-electron chi connectivity index (χ0n) is 13.5. The van der Waals surface area contributed by atoms with Crippen molar-refractivity contribution in [3.63, 3.8) is 0 Å². The molecule has 0 bridgehead atoms. The molecule has 0 fully saturated rings. The molecule has 0 saturated carbocycles. The highest BCUT2D eigenvalue weighted by Crippen LogP contribution is 2.24. The molecule has 0 aromatic heterocycles. The van der Waals surface area contributed by atoms with E-state index in [1.165, 1.54) is 0 Å². The zero-order valence-corrected chi connectivity index (χ0v) is 14.3. The Morgan fingerprint density at radius 2 is 1.83 bits per heavy atom. The van der Waals surface area contributed by atoms with Crippen molar-refractivity contribution in [2.45, 2.75) is 20.4 Å². The predicted molar refractivity (Wildman–Crippen MR) is 98.2 cm³/mol. The van der Waals surface area contributed by atoms with Gasteiger partial charge in [0.05, 0.1) is 13.2 Å². The minimum absolute atomic E-state index is 0.266. The van der Waals surface area contributed by atoms with Crippen LogP contribution in [0.15, 0.2) is 48.5 Å². The van der Waals surface area contributed by atoms with Crippen LogP contribution in [0.2, 0.25) is 0 Å². The van der Waals surface area contributed by atoms with Gasteiger partial charge in [-0.3, -0.25) is 0 Å². The molecule has 2 aromatic rings. The summed E-state index contributed by atoms with van der Waals surface area (Å²) in [5, 5.41) is 13.8. The molecule has 0 unspecified atom stereocenters. The number of anilines is 1. The Balaban J connectivity index is 2.26. The van der Waals surface area contributed by atoms with E-state index in [9.17, 15) is 5.11 Å². The second-order valence-electron chi connectivity index (χ2n) is 4.98.